The number of sulfonamides is 1. The number of carbonyl (C=O) groups excluding carboxylic acids is 2. The lowest BCUT2D eigenvalue weighted by Crippen LogP contribution is -2.53. The quantitative estimate of drug-likeness (QED) is 0.165. The van der Waals surface area contributed by atoms with Gasteiger partial charge < -0.3 is 10.2 Å². The molecule has 0 aromatic heterocycles. The van der Waals surface area contributed by atoms with Gasteiger partial charge in [0, 0.05) is 19.5 Å². The molecule has 0 spiro atoms. The second-order valence-electron chi connectivity index (χ2n) is 12.0. The predicted molar refractivity (Wildman–Crippen MR) is 185 cm³/mol. The fourth-order valence-corrected chi connectivity index (χ4v) is 6.70. The first-order valence-corrected chi connectivity index (χ1v) is 17.3. The summed E-state index contributed by atoms with van der Waals surface area (Å²) in [4.78, 5) is 30.0. The van der Waals surface area contributed by atoms with Gasteiger partial charge in [0.25, 0.3) is 10.0 Å². The average molecular weight is 640 g/mol. The molecular weight excluding hydrogens is 595 g/mol. The van der Waals surface area contributed by atoms with E-state index in [-0.39, 0.29) is 29.7 Å². The summed E-state index contributed by atoms with van der Waals surface area (Å²) in [5.41, 5.74) is 5.11. The number of nitrogens with one attached hydrogen (secondary N) is 1. The second kappa shape index (κ2) is 15.7. The van der Waals surface area contributed by atoms with Gasteiger partial charge in [0.05, 0.1) is 10.6 Å². The number of anilines is 1. The van der Waals surface area contributed by atoms with Crippen molar-refractivity contribution in [3.63, 3.8) is 0 Å². The van der Waals surface area contributed by atoms with Crippen molar-refractivity contribution in [2.24, 2.45) is 0 Å². The number of amides is 2. The summed E-state index contributed by atoms with van der Waals surface area (Å²) >= 11 is 0. The van der Waals surface area contributed by atoms with Crippen molar-refractivity contribution >= 4 is 27.5 Å². The first-order valence-electron chi connectivity index (χ1n) is 15.9. The molecule has 0 fully saturated rings. The summed E-state index contributed by atoms with van der Waals surface area (Å²) < 4.78 is 29.7. The number of rotatable bonds is 14. The maximum absolute atomic E-state index is 14.6. The Labute approximate surface area is 274 Å². The first kappa shape index (κ1) is 34.4. The van der Waals surface area contributed by atoms with Gasteiger partial charge in [-0.15, -0.1) is 0 Å². The van der Waals surface area contributed by atoms with Crippen molar-refractivity contribution in [2.75, 3.05) is 17.4 Å². The number of benzene rings is 4. The van der Waals surface area contributed by atoms with Crippen LogP contribution >= 0.6 is 0 Å². The average Bonchev–Trinajstić information content (AvgIpc) is 3.05. The van der Waals surface area contributed by atoms with E-state index in [1.54, 1.807) is 41.3 Å². The molecule has 242 valence electrons. The van der Waals surface area contributed by atoms with Crippen LogP contribution in [0.1, 0.15) is 60.9 Å². The molecule has 0 radical (unpaired) electrons. The van der Waals surface area contributed by atoms with E-state index in [1.165, 1.54) is 4.31 Å². The maximum Gasteiger partial charge on any atom is 0.264 e. The van der Waals surface area contributed by atoms with E-state index in [4.69, 9.17) is 0 Å². The third-order valence-electron chi connectivity index (χ3n) is 8.16. The fourth-order valence-electron chi connectivity index (χ4n) is 5.28. The molecule has 2 amide bonds. The SMILES string of the molecule is CCCNC(=O)[C@H](Cc1ccccc1)N(Cc1ccccc1C)C(=O)CN(c1ccc(C(C)C)cc1)S(=O)(=O)c1ccc(C)cc1. The van der Waals surface area contributed by atoms with Crippen molar-refractivity contribution in [3.05, 3.63) is 131 Å². The number of nitrogens with zero attached hydrogens (tertiary/aromatic N) is 2. The molecule has 0 unspecified atom stereocenters. The molecule has 0 saturated carbocycles. The molecule has 0 aliphatic heterocycles. The topological polar surface area (TPSA) is 86.8 Å². The van der Waals surface area contributed by atoms with Crippen molar-refractivity contribution < 1.29 is 18.0 Å². The van der Waals surface area contributed by atoms with E-state index in [2.05, 4.69) is 19.2 Å². The van der Waals surface area contributed by atoms with Gasteiger partial charge in [0.15, 0.2) is 0 Å². The second-order valence-corrected chi connectivity index (χ2v) is 13.9. The zero-order valence-corrected chi connectivity index (χ0v) is 28.3. The number of aryl methyl sites for hydroxylation is 2. The number of hydrogen-bond donors (Lipinski definition) is 1. The lowest BCUT2D eigenvalue weighted by atomic mass is 10.0. The molecule has 4 aromatic carbocycles. The fraction of sp³-hybridized carbons (Fsp3) is 0.316. The molecule has 7 nitrogen and oxygen atoms in total. The van der Waals surface area contributed by atoms with Gasteiger partial charge in [-0.2, -0.15) is 0 Å². The Morgan fingerprint density at radius 2 is 1.43 bits per heavy atom. The standard InChI is InChI=1S/C38H45N3O4S/c1-6-24-39-38(43)36(25-31-13-8-7-9-14-31)40(26-33-15-11-10-12-30(33)5)37(42)27-41(34-20-18-32(19-21-34)28(2)3)46(44,45)35-22-16-29(4)17-23-35/h7-23,28,36H,6,24-27H2,1-5H3,(H,39,43)/t36-/m0/s1. The molecule has 0 saturated heterocycles. The summed E-state index contributed by atoms with van der Waals surface area (Å²) in [6.45, 7) is 10.1. The minimum atomic E-state index is -4.15. The molecule has 0 bridgehead atoms. The Morgan fingerprint density at radius 3 is 2.04 bits per heavy atom. The minimum absolute atomic E-state index is 0.0887. The van der Waals surface area contributed by atoms with E-state index in [1.807, 2.05) is 87.5 Å². The first-order chi connectivity index (χ1) is 22.0. The van der Waals surface area contributed by atoms with Crippen molar-refractivity contribution in [2.45, 2.75) is 70.9 Å². The van der Waals surface area contributed by atoms with Crippen LogP contribution < -0.4 is 9.62 Å². The summed E-state index contributed by atoms with van der Waals surface area (Å²) in [6.07, 6.45) is 1.02. The van der Waals surface area contributed by atoms with Crippen molar-refractivity contribution in [1.29, 1.82) is 0 Å². The van der Waals surface area contributed by atoms with E-state index >= 15 is 0 Å². The smallest absolute Gasteiger partial charge is 0.264 e. The highest BCUT2D eigenvalue weighted by Gasteiger charge is 2.34. The van der Waals surface area contributed by atoms with E-state index in [0.29, 0.717) is 12.2 Å². The Kier molecular flexibility index (Phi) is 11.8. The van der Waals surface area contributed by atoms with Crippen LogP contribution in [-0.2, 0) is 32.6 Å². The number of carbonyl (C=O) groups is 2. The van der Waals surface area contributed by atoms with Crippen LogP contribution in [0.4, 0.5) is 5.69 Å². The maximum atomic E-state index is 14.6. The molecule has 0 aliphatic carbocycles. The van der Waals surface area contributed by atoms with Crippen LogP contribution in [-0.4, -0.2) is 44.3 Å². The van der Waals surface area contributed by atoms with Gasteiger partial charge in [-0.1, -0.05) is 105 Å². The molecule has 4 rings (SSSR count). The molecular formula is C38H45N3O4S. The summed E-state index contributed by atoms with van der Waals surface area (Å²) in [6, 6.07) is 30.3. The molecule has 8 heteroatoms. The molecule has 46 heavy (non-hydrogen) atoms. The summed E-state index contributed by atoms with van der Waals surface area (Å²) in [7, 11) is -4.15. The van der Waals surface area contributed by atoms with Crippen molar-refractivity contribution in [3.8, 4) is 0 Å². The Morgan fingerprint density at radius 1 is 0.804 bits per heavy atom. The lowest BCUT2D eigenvalue weighted by molar-refractivity contribution is -0.140. The van der Waals surface area contributed by atoms with Gasteiger partial charge in [0.2, 0.25) is 11.8 Å². The normalized spacial score (nSPS) is 12.0. The van der Waals surface area contributed by atoms with Crippen LogP contribution in [0.2, 0.25) is 0 Å². The van der Waals surface area contributed by atoms with Gasteiger partial charge >= 0.3 is 0 Å². The Hall–Kier alpha value is -4.43. The number of hydrogen-bond acceptors (Lipinski definition) is 4. The highest BCUT2D eigenvalue weighted by atomic mass is 32.2. The third-order valence-corrected chi connectivity index (χ3v) is 9.95. The van der Waals surface area contributed by atoms with Crippen LogP contribution in [0.5, 0.6) is 0 Å². The van der Waals surface area contributed by atoms with Crippen LogP contribution in [0.25, 0.3) is 0 Å². The van der Waals surface area contributed by atoms with Crippen molar-refractivity contribution in [1.82, 2.24) is 10.2 Å². The minimum Gasteiger partial charge on any atom is -0.354 e. The van der Waals surface area contributed by atoms with Gasteiger partial charge in [-0.25, -0.2) is 8.42 Å². The zero-order valence-electron chi connectivity index (χ0n) is 27.4. The summed E-state index contributed by atoms with van der Waals surface area (Å²) in [5, 5.41) is 2.99. The van der Waals surface area contributed by atoms with E-state index < -0.39 is 28.5 Å². The summed E-state index contributed by atoms with van der Waals surface area (Å²) in [5.74, 6) is -0.496. The van der Waals surface area contributed by atoms with E-state index in [0.717, 1.165) is 34.2 Å². The highest BCUT2D eigenvalue weighted by Crippen LogP contribution is 2.27. The predicted octanol–water partition coefficient (Wildman–Crippen LogP) is 6.79. The Balaban J connectivity index is 1.81. The van der Waals surface area contributed by atoms with Crippen LogP contribution in [0.3, 0.4) is 0 Å². The lowest BCUT2D eigenvalue weighted by Gasteiger charge is -2.34. The van der Waals surface area contributed by atoms with Crippen LogP contribution in [0.15, 0.2) is 108 Å². The molecule has 1 N–H and O–H groups in total. The highest BCUT2D eigenvalue weighted by molar-refractivity contribution is 7.92. The molecule has 1 atom stereocenters. The van der Waals surface area contributed by atoms with E-state index in [9.17, 15) is 18.0 Å². The van der Waals surface area contributed by atoms with Gasteiger partial charge in [0.1, 0.15) is 12.6 Å². The molecule has 4 aromatic rings. The monoisotopic (exact) mass is 639 g/mol. The Bertz CT molecular complexity index is 1700. The third kappa shape index (κ3) is 8.63. The van der Waals surface area contributed by atoms with Gasteiger partial charge in [-0.05, 0) is 72.7 Å². The largest absolute Gasteiger partial charge is 0.354 e. The van der Waals surface area contributed by atoms with Crippen LogP contribution in [0, 0.1) is 13.8 Å². The van der Waals surface area contributed by atoms with Gasteiger partial charge in [-0.3, -0.25) is 13.9 Å². The molecule has 0 aliphatic rings. The molecule has 0 heterocycles. The zero-order chi connectivity index (χ0) is 33.3.